The van der Waals surface area contributed by atoms with Gasteiger partial charge in [0, 0.05) is 17.1 Å². The second kappa shape index (κ2) is 4.77. The van der Waals surface area contributed by atoms with Gasteiger partial charge in [-0.2, -0.15) is 4.37 Å². The van der Waals surface area contributed by atoms with E-state index in [0.29, 0.717) is 4.99 Å². The average molecular weight is 264 g/mol. The molecule has 1 aromatic heterocycles. The SMILES string of the molecule is Cc1ccc(Nc2nc(C)ns2)c(C(N)=S)c1. The summed E-state index contributed by atoms with van der Waals surface area (Å²) in [7, 11) is 0. The van der Waals surface area contributed by atoms with E-state index in [4.69, 9.17) is 18.0 Å². The summed E-state index contributed by atoms with van der Waals surface area (Å²) in [4.78, 5) is 4.61. The highest BCUT2D eigenvalue weighted by atomic mass is 32.1. The Morgan fingerprint density at radius 3 is 2.76 bits per heavy atom. The lowest BCUT2D eigenvalue weighted by Gasteiger charge is -2.09. The molecule has 0 saturated carbocycles. The van der Waals surface area contributed by atoms with Crippen LogP contribution in [0.5, 0.6) is 0 Å². The van der Waals surface area contributed by atoms with Gasteiger partial charge in [0.1, 0.15) is 10.8 Å². The molecule has 0 aliphatic heterocycles. The second-order valence-electron chi connectivity index (χ2n) is 3.69. The van der Waals surface area contributed by atoms with Crippen molar-refractivity contribution in [1.82, 2.24) is 9.36 Å². The summed E-state index contributed by atoms with van der Waals surface area (Å²) in [5.74, 6) is 0.751. The highest BCUT2D eigenvalue weighted by molar-refractivity contribution is 7.80. The van der Waals surface area contributed by atoms with Crippen molar-refractivity contribution in [2.75, 3.05) is 5.32 Å². The van der Waals surface area contributed by atoms with Crippen LogP contribution in [-0.4, -0.2) is 14.3 Å². The lowest BCUT2D eigenvalue weighted by Crippen LogP contribution is -2.12. The van der Waals surface area contributed by atoms with Gasteiger partial charge in [-0.25, -0.2) is 4.98 Å². The van der Waals surface area contributed by atoms with Crippen molar-refractivity contribution in [3.8, 4) is 0 Å². The fourth-order valence-electron chi connectivity index (χ4n) is 1.43. The Bertz CT molecular complexity index is 562. The maximum absolute atomic E-state index is 5.70. The molecule has 0 bridgehead atoms. The number of hydrogen-bond acceptors (Lipinski definition) is 5. The smallest absolute Gasteiger partial charge is 0.207 e. The third kappa shape index (κ3) is 2.78. The second-order valence-corrected chi connectivity index (χ2v) is 4.88. The van der Waals surface area contributed by atoms with E-state index in [2.05, 4.69) is 14.7 Å². The third-order valence-electron chi connectivity index (χ3n) is 2.21. The van der Waals surface area contributed by atoms with Crippen molar-refractivity contribution in [3.05, 3.63) is 35.2 Å². The average Bonchev–Trinajstić information content (AvgIpc) is 2.66. The predicted molar refractivity (Wildman–Crippen MR) is 75.0 cm³/mol. The van der Waals surface area contributed by atoms with Crippen LogP contribution in [-0.2, 0) is 0 Å². The van der Waals surface area contributed by atoms with Crippen LogP contribution in [0.3, 0.4) is 0 Å². The molecule has 88 valence electrons. The molecule has 0 unspecified atom stereocenters. The van der Waals surface area contributed by atoms with Crippen molar-refractivity contribution in [3.63, 3.8) is 0 Å². The Hall–Kier alpha value is -1.53. The maximum atomic E-state index is 5.70. The van der Waals surface area contributed by atoms with E-state index in [1.54, 1.807) is 0 Å². The zero-order valence-electron chi connectivity index (χ0n) is 9.52. The molecule has 0 spiro atoms. The number of anilines is 2. The van der Waals surface area contributed by atoms with Gasteiger partial charge >= 0.3 is 0 Å². The summed E-state index contributed by atoms with van der Waals surface area (Å²) in [5.41, 5.74) is 8.51. The first-order valence-corrected chi connectivity index (χ1v) is 6.22. The lowest BCUT2D eigenvalue weighted by molar-refractivity contribution is 1.17. The van der Waals surface area contributed by atoms with Crippen LogP contribution in [0.2, 0.25) is 0 Å². The van der Waals surface area contributed by atoms with Crippen LogP contribution in [0.15, 0.2) is 18.2 Å². The molecular formula is C11H12N4S2. The first kappa shape index (κ1) is 11.9. The number of hydrogen-bond donors (Lipinski definition) is 2. The molecule has 2 rings (SSSR count). The standard InChI is InChI=1S/C11H12N4S2/c1-6-3-4-9(8(5-6)10(12)16)14-11-13-7(2)15-17-11/h3-5H,1-2H3,(H2,12,16)(H,13,14,15). The number of nitrogens with zero attached hydrogens (tertiary/aromatic N) is 2. The van der Waals surface area contributed by atoms with E-state index >= 15 is 0 Å². The molecule has 0 radical (unpaired) electrons. The van der Waals surface area contributed by atoms with Gasteiger partial charge in [0.15, 0.2) is 0 Å². The van der Waals surface area contributed by atoms with E-state index in [0.717, 1.165) is 27.8 Å². The molecular weight excluding hydrogens is 252 g/mol. The highest BCUT2D eigenvalue weighted by Gasteiger charge is 2.08. The van der Waals surface area contributed by atoms with Crippen LogP contribution < -0.4 is 11.1 Å². The molecule has 0 aliphatic rings. The number of aromatic nitrogens is 2. The molecule has 0 atom stereocenters. The Morgan fingerprint density at radius 1 is 1.41 bits per heavy atom. The van der Waals surface area contributed by atoms with Gasteiger partial charge in [0.25, 0.3) is 0 Å². The van der Waals surface area contributed by atoms with E-state index in [-0.39, 0.29) is 0 Å². The fraction of sp³-hybridized carbons (Fsp3) is 0.182. The number of nitrogens with one attached hydrogen (secondary N) is 1. The molecule has 0 saturated heterocycles. The first-order chi connectivity index (χ1) is 8.06. The Balaban J connectivity index is 2.35. The summed E-state index contributed by atoms with van der Waals surface area (Å²) in [6.07, 6.45) is 0. The predicted octanol–water partition coefficient (Wildman–Crippen LogP) is 2.53. The summed E-state index contributed by atoms with van der Waals surface area (Å²) >= 11 is 6.35. The number of thiocarbonyl (C=S) groups is 1. The number of rotatable bonds is 3. The summed E-state index contributed by atoms with van der Waals surface area (Å²) in [6.45, 7) is 3.85. The van der Waals surface area contributed by atoms with Crippen molar-refractivity contribution in [2.45, 2.75) is 13.8 Å². The van der Waals surface area contributed by atoms with Gasteiger partial charge in [-0.3, -0.25) is 0 Å². The van der Waals surface area contributed by atoms with Gasteiger partial charge in [-0.1, -0.05) is 23.8 Å². The topological polar surface area (TPSA) is 63.8 Å². The molecule has 1 aromatic carbocycles. The summed E-state index contributed by atoms with van der Waals surface area (Å²) < 4.78 is 4.11. The lowest BCUT2D eigenvalue weighted by atomic mass is 10.1. The van der Waals surface area contributed by atoms with Crippen LogP contribution in [0, 0.1) is 13.8 Å². The minimum Gasteiger partial charge on any atom is -0.389 e. The summed E-state index contributed by atoms with van der Waals surface area (Å²) in [6, 6.07) is 5.90. The Kier molecular flexibility index (Phi) is 3.35. The van der Waals surface area contributed by atoms with E-state index in [9.17, 15) is 0 Å². The molecule has 2 aromatic rings. The van der Waals surface area contributed by atoms with E-state index in [1.165, 1.54) is 11.5 Å². The zero-order chi connectivity index (χ0) is 12.4. The quantitative estimate of drug-likeness (QED) is 0.834. The van der Waals surface area contributed by atoms with Gasteiger partial charge in [-0.15, -0.1) is 0 Å². The molecule has 0 fully saturated rings. The minimum absolute atomic E-state index is 0.373. The van der Waals surface area contributed by atoms with Crippen LogP contribution in [0.1, 0.15) is 17.0 Å². The van der Waals surface area contributed by atoms with E-state index in [1.807, 2.05) is 32.0 Å². The van der Waals surface area contributed by atoms with Crippen LogP contribution >= 0.6 is 23.8 Å². The van der Waals surface area contributed by atoms with Gasteiger partial charge < -0.3 is 11.1 Å². The Labute approximate surface area is 109 Å². The highest BCUT2D eigenvalue weighted by Crippen LogP contribution is 2.23. The molecule has 0 amide bonds. The molecule has 0 aliphatic carbocycles. The molecule has 1 heterocycles. The van der Waals surface area contributed by atoms with Gasteiger partial charge in [-0.05, 0) is 26.0 Å². The zero-order valence-corrected chi connectivity index (χ0v) is 11.2. The maximum Gasteiger partial charge on any atom is 0.207 e. The minimum atomic E-state index is 0.373. The van der Waals surface area contributed by atoms with Crippen LogP contribution in [0.25, 0.3) is 0 Å². The first-order valence-electron chi connectivity index (χ1n) is 5.04. The summed E-state index contributed by atoms with van der Waals surface area (Å²) in [5, 5.41) is 3.92. The Morgan fingerprint density at radius 2 is 2.18 bits per heavy atom. The monoisotopic (exact) mass is 264 g/mol. The van der Waals surface area contributed by atoms with Crippen LogP contribution in [0.4, 0.5) is 10.8 Å². The molecule has 17 heavy (non-hydrogen) atoms. The third-order valence-corrected chi connectivity index (χ3v) is 3.15. The van der Waals surface area contributed by atoms with Gasteiger partial charge in [0.2, 0.25) is 5.13 Å². The number of nitrogens with two attached hydrogens (primary N) is 1. The molecule has 3 N–H and O–H groups in total. The number of benzene rings is 1. The number of aryl methyl sites for hydroxylation is 2. The largest absolute Gasteiger partial charge is 0.389 e. The van der Waals surface area contributed by atoms with Crippen molar-refractivity contribution in [1.29, 1.82) is 0 Å². The molecule has 6 heteroatoms. The fourth-order valence-corrected chi connectivity index (χ4v) is 2.19. The van der Waals surface area contributed by atoms with E-state index < -0.39 is 0 Å². The van der Waals surface area contributed by atoms with Crippen molar-refractivity contribution in [2.24, 2.45) is 5.73 Å². The van der Waals surface area contributed by atoms with Gasteiger partial charge in [0.05, 0.1) is 5.69 Å². The molecule has 4 nitrogen and oxygen atoms in total. The van der Waals surface area contributed by atoms with Crippen molar-refractivity contribution < 1.29 is 0 Å². The van der Waals surface area contributed by atoms with Crippen molar-refractivity contribution >= 4 is 39.6 Å². The normalized spacial score (nSPS) is 10.2.